The van der Waals surface area contributed by atoms with E-state index in [1.165, 1.54) is 25.7 Å². The Hall–Kier alpha value is -1.07. The van der Waals surface area contributed by atoms with E-state index in [-0.39, 0.29) is 6.04 Å². The molecule has 1 aromatic heterocycles. The minimum Gasteiger partial charge on any atom is -0.481 e. The first-order valence-corrected chi connectivity index (χ1v) is 7.18. The lowest BCUT2D eigenvalue weighted by Gasteiger charge is -2.18. The van der Waals surface area contributed by atoms with Crippen molar-refractivity contribution in [3.8, 4) is 5.88 Å². The van der Waals surface area contributed by atoms with Gasteiger partial charge in [0.05, 0.1) is 24.4 Å². The minimum atomic E-state index is 0.128. The van der Waals surface area contributed by atoms with E-state index in [9.17, 15) is 0 Å². The van der Waals surface area contributed by atoms with Gasteiger partial charge in [0.25, 0.3) is 0 Å². The molecule has 1 atom stereocenters. The number of aryl methyl sites for hydroxylation is 2. The normalized spacial score (nSPS) is 16.6. The maximum Gasteiger partial charge on any atom is 0.216 e. The van der Waals surface area contributed by atoms with Crippen LogP contribution >= 0.6 is 0 Å². The summed E-state index contributed by atoms with van der Waals surface area (Å²) in [5, 5.41) is 7.95. The number of hydrogen-bond acceptors (Lipinski definition) is 4. The van der Waals surface area contributed by atoms with Crippen LogP contribution in [0.4, 0.5) is 0 Å². The summed E-state index contributed by atoms with van der Waals surface area (Å²) in [5.41, 5.74) is 7.99. The van der Waals surface area contributed by atoms with Gasteiger partial charge in [0.1, 0.15) is 0 Å². The minimum absolute atomic E-state index is 0.128. The molecule has 108 valence electrons. The van der Waals surface area contributed by atoms with Gasteiger partial charge >= 0.3 is 0 Å². The van der Waals surface area contributed by atoms with Crippen molar-refractivity contribution in [2.24, 2.45) is 18.7 Å². The van der Waals surface area contributed by atoms with Crippen LogP contribution in [0.25, 0.3) is 0 Å². The van der Waals surface area contributed by atoms with Crippen LogP contribution in [0, 0.1) is 12.8 Å². The van der Waals surface area contributed by atoms with E-state index in [1.807, 2.05) is 14.0 Å². The van der Waals surface area contributed by atoms with Crippen LogP contribution in [0.3, 0.4) is 0 Å². The second-order valence-corrected chi connectivity index (χ2v) is 5.46. The SMILES string of the molecule is COc1c(C(CN)NCCCC2CC2)c(C)nn1C. The largest absolute Gasteiger partial charge is 0.481 e. The number of hydrogen-bond donors (Lipinski definition) is 2. The number of ether oxygens (including phenoxy) is 1. The first-order valence-electron chi connectivity index (χ1n) is 7.18. The van der Waals surface area contributed by atoms with E-state index in [0.29, 0.717) is 6.54 Å². The van der Waals surface area contributed by atoms with Gasteiger partial charge in [0.2, 0.25) is 5.88 Å². The van der Waals surface area contributed by atoms with Crippen molar-refractivity contribution < 1.29 is 4.74 Å². The molecule has 1 unspecified atom stereocenters. The topological polar surface area (TPSA) is 65.1 Å². The smallest absolute Gasteiger partial charge is 0.216 e. The molecule has 1 aliphatic carbocycles. The van der Waals surface area contributed by atoms with E-state index in [4.69, 9.17) is 10.5 Å². The molecule has 2 rings (SSSR count). The lowest BCUT2D eigenvalue weighted by atomic mass is 10.1. The highest BCUT2D eigenvalue weighted by molar-refractivity contribution is 5.34. The molecule has 1 aliphatic rings. The molecule has 1 saturated carbocycles. The Kier molecular flexibility index (Phi) is 4.82. The van der Waals surface area contributed by atoms with Gasteiger partial charge in [0, 0.05) is 13.6 Å². The molecular weight excluding hydrogens is 240 g/mol. The Morgan fingerprint density at radius 2 is 2.26 bits per heavy atom. The molecule has 0 spiro atoms. The highest BCUT2D eigenvalue weighted by Gasteiger charge is 2.23. The van der Waals surface area contributed by atoms with E-state index in [1.54, 1.807) is 11.8 Å². The fourth-order valence-electron chi connectivity index (χ4n) is 2.67. The van der Waals surface area contributed by atoms with Crippen molar-refractivity contribution >= 4 is 0 Å². The quantitative estimate of drug-likeness (QED) is 0.700. The van der Waals surface area contributed by atoms with Crippen LogP contribution < -0.4 is 15.8 Å². The Labute approximate surface area is 115 Å². The molecule has 19 heavy (non-hydrogen) atoms. The molecule has 1 heterocycles. The van der Waals surface area contributed by atoms with E-state index < -0.39 is 0 Å². The van der Waals surface area contributed by atoms with Gasteiger partial charge in [-0.15, -0.1) is 0 Å². The summed E-state index contributed by atoms with van der Waals surface area (Å²) in [6, 6.07) is 0.128. The summed E-state index contributed by atoms with van der Waals surface area (Å²) in [6.45, 7) is 3.58. The highest BCUT2D eigenvalue weighted by atomic mass is 16.5. The molecule has 0 aliphatic heterocycles. The Bertz CT molecular complexity index is 412. The van der Waals surface area contributed by atoms with Crippen LogP contribution in [0.2, 0.25) is 0 Å². The van der Waals surface area contributed by atoms with Crippen LogP contribution in [-0.2, 0) is 7.05 Å². The molecule has 0 saturated heterocycles. The van der Waals surface area contributed by atoms with E-state index in [0.717, 1.165) is 29.6 Å². The average molecular weight is 266 g/mol. The zero-order chi connectivity index (χ0) is 13.8. The van der Waals surface area contributed by atoms with Gasteiger partial charge in [-0.2, -0.15) is 5.10 Å². The summed E-state index contributed by atoms with van der Waals surface area (Å²) in [4.78, 5) is 0. The van der Waals surface area contributed by atoms with Crippen molar-refractivity contribution in [2.45, 2.75) is 38.6 Å². The Morgan fingerprint density at radius 3 is 2.84 bits per heavy atom. The molecule has 5 heteroatoms. The van der Waals surface area contributed by atoms with Crippen molar-refractivity contribution in [3.05, 3.63) is 11.3 Å². The standard InChI is InChI=1S/C14H26N4O/c1-10-13(14(19-3)18(2)17-10)12(9-15)16-8-4-5-11-6-7-11/h11-12,16H,4-9,15H2,1-3H3. The molecular formula is C14H26N4O. The van der Waals surface area contributed by atoms with E-state index >= 15 is 0 Å². The van der Waals surface area contributed by atoms with Crippen molar-refractivity contribution in [2.75, 3.05) is 20.2 Å². The van der Waals surface area contributed by atoms with Crippen LogP contribution in [0.15, 0.2) is 0 Å². The molecule has 0 aromatic carbocycles. The molecule has 0 bridgehead atoms. The van der Waals surface area contributed by atoms with Crippen LogP contribution in [0.5, 0.6) is 5.88 Å². The second-order valence-electron chi connectivity index (χ2n) is 5.46. The number of nitrogens with one attached hydrogen (secondary N) is 1. The lowest BCUT2D eigenvalue weighted by molar-refractivity contribution is 0.362. The van der Waals surface area contributed by atoms with Crippen LogP contribution in [-0.4, -0.2) is 30.0 Å². The van der Waals surface area contributed by atoms with Gasteiger partial charge in [0.15, 0.2) is 0 Å². The fourth-order valence-corrected chi connectivity index (χ4v) is 2.67. The summed E-state index contributed by atoms with van der Waals surface area (Å²) in [5.74, 6) is 1.80. The summed E-state index contributed by atoms with van der Waals surface area (Å²) in [6.07, 6.45) is 5.42. The maximum absolute atomic E-state index is 5.91. The number of nitrogens with zero attached hydrogens (tertiary/aromatic N) is 2. The first-order chi connectivity index (χ1) is 9.17. The van der Waals surface area contributed by atoms with Gasteiger partial charge in [-0.05, 0) is 32.2 Å². The molecule has 1 aromatic rings. The monoisotopic (exact) mass is 266 g/mol. The zero-order valence-electron chi connectivity index (χ0n) is 12.3. The second kappa shape index (κ2) is 6.39. The van der Waals surface area contributed by atoms with Gasteiger partial charge in [-0.1, -0.05) is 12.8 Å². The predicted octanol–water partition coefficient (Wildman–Crippen LogP) is 1.52. The average Bonchev–Trinajstić information content (AvgIpc) is 3.16. The maximum atomic E-state index is 5.91. The van der Waals surface area contributed by atoms with Crippen molar-refractivity contribution in [3.63, 3.8) is 0 Å². The zero-order valence-corrected chi connectivity index (χ0v) is 12.3. The molecule has 1 fully saturated rings. The molecule has 3 N–H and O–H groups in total. The summed E-state index contributed by atoms with van der Waals surface area (Å²) >= 11 is 0. The summed E-state index contributed by atoms with van der Waals surface area (Å²) in [7, 11) is 3.58. The third kappa shape index (κ3) is 3.48. The number of nitrogens with two attached hydrogens (primary N) is 1. The molecule has 0 amide bonds. The van der Waals surface area contributed by atoms with Gasteiger partial charge < -0.3 is 15.8 Å². The third-order valence-corrected chi connectivity index (χ3v) is 3.87. The van der Waals surface area contributed by atoms with Gasteiger partial charge in [-0.25, -0.2) is 4.68 Å². The fraction of sp³-hybridized carbons (Fsp3) is 0.786. The predicted molar refractivity (Wildman–Crippen MR) is 76.3 cm³/mol. The van der Waals surface area contributed by atoms with E-state index in [2.05, 4.69) is 10.4 Å². The van der Waals surface area contributed by atoms with Gasteiger partial charge in [-0.3, -0.25) is 0 Å². The Balaban J connectivity index is 1.95. The number of methoxy groups -OCH3 is 1. The summed E-state index contributed by atoms with van der Waals surface area (Å²) < 4.78 is 7.22. The first kappa shape index (κ1) is 14.3. The third-order valence-electron chi connectivity index (χ3n) is 3.87. The lowest BCUT2D eigenvalue weighted by Crippen LogP contribution is -2.29. The van der Waals surface area contributed by atoms with Crippen molar-refractivity contribution in [1.82, 2.24) is 15.1 Å². The van der Waals surface area contributed by atoms with Crippen molar-refractivity contribution in [1.29, 1.82) is 0 Å². The molecule has 0 radical (unpaired) electrons. The van der Waals surface area contributed by atoms with Crippen LogP contribution in [0.1, 0.15) is 43.0 Å². The molecule has 5 nitrogen and oxygen atoms in total. The highest BCUT2D eigenvalue weighted by Crippen LogP contribution is 2.33. The number of aromatic nitrogens is 2. The number of rotatable bonds is 8. The Morgan fingerprint density at radius 1 is 1.53 bits per heavy atom.